The quantitative estimate of drug-likeness (QED) is 0.708. The molecule has 4 rings (SSSR count). The molecular weight excluding hydrogens is 330 g/mol. The minimum Gasteiger partial charge on any atom is -0.469 e. The van der Waals surface area contributed by atoms with Gasteiger partial charge in [-0.2, -0.15) is 5.12 Å². The monoisotopic (exact) mass is 359 g/mol. The number of methoxy groups -OCH3 is 1. The van der Waals surface area contributed by atoms with Gasteiger partial charge in [-0.05, 0) is 24.3 Å². The van der Waals surface area contributed by atoms with Crippen molar-refractivity contribution in [2.45, 2.75) is 41.0 Å². The molecule has 2 aromatic carbocycles. The average Bonchev–Trinajstić information content (AvgIpc) is 3.27. The average molecular weight is 359 g/mol. The van der Waals surface area contributed by atoms with Gasteiger partial charge in [0.05, 0.1) is 12.8 Å². The molecule has 0 radical (unpaired) electrons. The first-order chi connectivity index (χ1) is 12.7. The number of anilines is 3. The van der Waals surface area contributed by atoms with E-state index >= 15 is 0 Å². The van der Waals surface area contributed by atoms with Crippen molar-refractivity contribution in [3.05, 3.63) is 48.5 Å². The van der Waals surface area contributed by atoms with Gasteiger partial charge in [-0.1, -0.05) is 64.1 Å². The second-order valence-corrected chi connectivity index (χ2v) is 4.70. The van der Waals surface area contributed by atoms with Crippen molar-refractivity contribution in [2.24, 2.45) is 0 Å². The SMILES string of the molecule is CC.CC.CCC(=O)OC.c1ccc2c(c1)NN1c3ccccc3ON21. The van der Waals surface area contributed by atoms with Crippen LogP contribution in [0.2, 0.25) is 0 Å². The molecule has 6 nitrogen and oxygen atoms in total. The minimum atomic E-state index is -0.157. The molecule has 0 bridgehead atoms. The smallest absolute Gasteiger partial charge is 0.305 e. The number of para-hydroxylation sites is 4. The molecule has 2 aromatic rings. The third kappa shape index (κ3) is 4.59. The summed E-state index contributed by atoms with van der Waals surface area (Å²) in [5.41, 5.74) is 6.39. The first-order valence-corrected chi connectivity index (χ1v) is 9.04. The van der Waals surface area contributed by atoms with E-state index in [1.54, 1.807) is 12.1 Å². The number of nitrogens with zero attached hydrogens (tertiary/aromatic N) is 2. The lowest BCUT2D eigenvalue weighted by atomic mass is 10.3. The van der Waals surface area contributed by atoms with E-state index in [-0.39, 0.29) is 5.97 Å². The molecule has 0 spiro atoms. The summed E-state index contributed by atoms with van der Waals surface area (Å²) >= 11 is 0. The van der Waals surface area contributed by atoms with Gasteiger partial charge in [0.1, 0.15) is 11.4 Å². The zero-order valence-corrected chi connectivity index (χ0v) is 16.4. The normalized spacial score (nSPS) is 11.5. The molecule has 0 saturated carbocycles. The number of ether oxygens (including phenoxy) is 1. The van der Waals surface area contributed by atoms with Gasteiger partial charge >= 0.3 is 5.97 Å². The van der Waals surface area contributed by atoms with Crippen molar-refractivity contribution >= 4 is 23.0 Å². The number of fused-ring (bicyclic) bond motifs is 5. The molecule has 2 heterocycles. The standard InChI is InChI=1S/C12H9N3O.C4H8O2.2C2H6/c1-2-6-10-9(5-1)13-14-11-7-3-4-8-12(11)16-15(10)14;1-3-4(5)6-2;2*1-2/h1-8,13H;3H2,1-2H3;2*1-2H3. The number of carbonyl (C=O) groups is 1. The fourth-order valence-electron chi connectivity index (χ4n) is 2.20. The van der Waals surface area contributed by atoms with E-state index in [4.69, 9.17) is 4.84 Å². The Balaban J connectivity index is 0.000000290. The fraction of sp³-hybridized carbons (Fsp3) is 0.350. The van der Waals surface area contributed by atoms with Crippen LogP contribution < -0.4 is 20.6 Å². The Morgan fingerprint density at radius 3 is 2.15 bits per heavy atom. The number of nitrogens with one attached hydrogen (secondary N) is 1. The van der Waals surface area contributed by atoms with E-state index < -0.39 is 0 Å². The molecule has 0 unspecified atom stereocenters. The molecule has 2 aliphatic heterocycles. The summed E-state index contributed by atoms with van der Waals surface area (Å²) < 4.78 is 4.26. The summed E-state index contributed by atoms with van der Waals surface area (Å²) in [6, 6.07) is 16.0. The maximum absolute atomic E-state index is 9.96. The highest BCUT2D eigenvalue weighted by atomic mass is 16.7. The van der Waals surface area contributed by atoms with Gasteiger partial charge in [-0.3, -0.25) is 10.2 Å². The van der Waals surface area contributed by atoms with Crippen molar-refractivity contribution in [3.63, 3.8) is 0 Å². The van der Waals surface area contributed by atoms with Crippen LogP contribution in [0.3, 0.4) is 0 Å². The van der Waals surface area contributed by atoms with Gasteiger partial charge in [0.2, 0.25) is 0 Å². The van der Waals surface area contributed by atoms with Crippen molar-refractivity contribution in [2.75, 3.05) is 22.8 Å². The maximum Gasteiger partial charge on any atom is 0.305 e. The molecule has 0 fully saturated rings. The Kier molecular flexibility index (Phi) is 8.84. The second kappa shape index (κ2) is 10.9. The van der Waals surface area contributed by atoms with E-state index in [1.165, 1.54) is 7.11 Å². The third-order valence-electron chi connectivity index (χ3n) is 3.31. The molecule has 2 aliphatic rings. The Hall–Kier alpha value is -2.89. The molecule has 0 atom stereocenters. The predicted octanol–water partition coefficient (Wildman–Crippen LogP) is 5.18. The number of hydrazine groups is 2. The first-order valence-electron chi connectivity index (χ1n) is 9.04. The highest BCUT2D eigenvalue weighted by molar-refractivity contribution is 5.83. The van der Waals surface area contributed by atoms with Crippen LogP contribution in [0.4, 0.5) is 17.1 Å². The van der Waals surface area contributed by atoms with Crippen molar-refractivity contribution in [1.29, 1.82) is 0 Å². The molecular formula is C20H29N3O3. The molecule has 0 aromatic heterocycles. The van der Waals surface area contributed by atoms with Crippen LogP contribution in [0.5, 0.6) is 5.75 Å². The van der Waals surface area contributed by atoms with E-state index in [9.17, 15) is 4.79 Å². The van der Waals surface area contributed by atoms with Gasteiger partial charge in [0, 0.05) is 6.42 Å². The number of rotatable bonds is 1. The number of esters is 1. The fourth-order valence-corrected chi connectivity index (χ4v) is 2.20. The van der Waals surface area contributed by atoms with Gasteiger partial charge < -0.3 is 9.57 Å². The summed E-state index contributed by atoms with van der Waals surface area (Å²) in [5.74, 6) is 0.708. The molecule has 0 aliphatic carbocycles. The van der Waals surface area contributed by atoms with E-state index in [1.807, 2.05) is 81.3 Å². The van der Waals surface area contributed by atoms with Crippen LogP contribution in [0.25, 0.3) is 0 Å². The number of carbonyl (C=O) groups excluding carboxylic acids is 1. The van der Waals surface area contributed by atoms with E-state index in [0.29, 0.717) is 6.42 Å². The van der Waals surface area contributed by atoms with Crippen molar-refractivity contribution in [1.82, 2.24) is 0 Å². The van der Waals surface area contributed by atoms with Crippen LogP contribution in [0.1, 0.15) is 41.0 Å². The Morgan fingerprint density at radius 1 is 1.00 bits per heavy atom. The molecule has 0 saturated heterocycles. The number of hydrogen-bond donors (Lipinski definition) is 1. The summed E-state index contributed by atoms with van der Waals surface area (Å²) in [6.45, 7) is 9.76. The second-order valence-electron chi connectivity index (χ2n) is 4.70. The zero-order chi connectivity index (χ0) is 19.5. The van der Waals surface area contributed by atoms with Crippen LogP contribution >= 0.6 is 0 Å². The van der Waals surface area contributed by atoms with Crippen molar-refractivity contribution in [3.8, 4) is 5.75 Å². The minimum absolute atomic E-state index is 0.157. The first kappa shape index (κ1) is 21.2. The van der Waals surface area contributed by atoms with Gasteiger partial charge in [-0.15, -0.1) is 0 Å². The van der Waals surface area contributed by atoms with Crippen LogP contribution in [0.15, 0.2) is 48.5 Å². The third-order valence-corrected chi connectivity index (χ3v) is 3.31. The Morgan fingerprint density at radius 2 is 1.58 bits per heavy atom. The summed E-state index contributed by atoms with van der Waals surface area (Å²) in [7, 11) is 1.38. The topological polar surface area (TPSA) is 54.0 Å². The summed E-state index contributed by atoms with van der Waals surface area (Å²) in [5, 5.41) is 3.67. The molecule has 26 heavy (non-hydrogen) atoms. The lowest BCUT2D eigenvalue weighted by Crippen LogP contribution is -2.38. The van der Waals surface area contributed by atoms with E-state index in [0.717, 1.165) is 22.8 Å². The maximum atomic E-state index is 9.96. The summed E-state index contributed by atoms with van der Waals surface area (Å²) in [4.78, 5) is 15.7. The van der Waals surface area contributed by atoms with Crippen LogP contribution in [-0.2, 0) is 9.53 Å². The van der Waals surface area contributed by atoms with Gasteiger partial charge in [0.15, 0.2) is 5.75 Å². The highest BCUT2D eigenvalue weighted by Gasteiger charge is 2.36. The summed E-state index contributed by atoms with van der Waals surface area (Å²) in [6.07, 6.45) is 0.469. The molecule has 0 amide bonds. The highest BCUT2D eigenvalue weighted by Crippen LogP contribution is 2.44. The zero-order valence-electron chi connectivity index (χ0n) is 16.4. The van der Waals surface area contributed by atoms with Crippen LogP contribution in [0, 0.1) is 0 Å². The lowest BCUT2D eigenvalue weighted by Gasteiger charge is -2.18. The van der Waals surface area contributed by atoms with Crippen LogP contribution in [-0.4, -0.2) is 13.1 Å². The largest absolute Gasteiger partial charge is 0.469 e. The predicted molar refractivity (Wildman–Crippen MR) is 107 cm³/mol. The molecule has 1 N–H and O–H groups in total. The molecule has 142 valence electrons. The lowest BCUT2D eigenvalue weighted by molar-refractivity contribution is -0.140. The van der Waals surface area contributed by atoms with Gasteiger partial charge in [0.25, 0.3) is 0 Å². The van der Waals surface area contributed by atoms with Crippen molar-refractivity contribution < 1.29 is 14.4 Å². The molecule has 6 heteroatoms. The van der Waals surface area contributed by atoms with E-state index in [2.05, 4.69) is 10.2 Å². The number of hydrogen-bond acceptors (Lipinski definition) is 6. The van der Waals surface area contributed by atoms with Gasteiger partial charge in [-0.25, -0.2) is 0 Å². The Labute approximate surface area is 156 Å². The number of benzene rings is 2. The Bertz CT molecular complexity index is 634.